The van der Waals surface area contributed by atoms with Gasteiger partial charge in [-0.2, -0.15) is 0 Å². The van der Waals surface area contributed by atoms with Crippen LogP contribution in [0.1, 0.15) is 10.5 Å². The minimum atomic E-state index is -0.149. The van der Waals surface area contributed by atoms with Crippen LogP contribution in [0.25, 0.3) is 0 Å². The molecule has 1 heterocycles. The molecule has 0 aliphatic rings. The molecule has 0 saturated heterocycles. The molecule has 0 bridgehead atoms. The molecule has 0 aromatic carbocycles. The summed E-state index contributed by atoms with van der Waals surface area (Å²) in [5.41, 5.74) is 5.19. The molecule has 0 atom stereocenters. The molecule has 4 heteroatoms. The molecule has 52 valence electrons. The standard InChI is InChI=1S/C6H6N2O2/c7-6-2-1-5(10)4(3-9)8-6/h1-3,10H,(H2,7,8). The smallest absolute Gasteiger partial charge is 0.172 e. The lowest BCUT2D eigenvalue weighted by Crippen LogP contribution is -1.93. The first-order valence-corrected chi connectivity index (χ1v) is 2.64. The molecule has 10 heavy (non-hydrogen) atoms. The van der Waals surface area contributed by atoms with E-state index < -0.39 is 0 Å². The van der Waals surface area contributed by atoms with E-state index in [1.165, 1.54) is 12.1 Å². The summed E-state index contributed by atoms with van der Waals surface area (Å²) in [5, 5.41) is 8.89. The van der Waals surface area contributed by atoms with Crippen LogP contribution in [0.2, 0.25) is 0 Å². The van der Waals surface area contributed by atoms with Gasteiger partial charge in [-0.3, -0.25) is 4.79 Å². The van der Waals surface area contributed by atoms with E-state index in [0.29, 0.717) is 6.29 Å². The maximum atomic E-state index is 10.1. The topological polar surface area (TPSA) is 76.2 Å². The van der Waals surface area contributed by atoms with Gasteiger partial charge in [0.2, 0.25) is 0 Å². The first-order chi connectivity index (χ1) is 4.74. The Morgan fingerprint density at radius 3 is 2.80 bits per heavy atom. The minimum Gasteiger partial charge on any atom is -0.506 e. The van der Waals surface area contributed by atoms with E-state index >= 15 is 0 Å². The van der Waals surface area contributed by atoms with Crippen molar-refractivity contribution in [3.8, 4) is 5.75 Å². The van der Waals surface area contributed by atoms with Crippen LogP contribution < -0.4 is 5.73 Å². The fourth-order valence-electron chi connectivity index (χ4n) is 0.570. The first kappa shape index (κ1) is 6.54. The second kappa shape index (κ2) is 2.34. The number of aromatic nitrogens is 1. The van der Waals surface area contributed by atoms with Crippen LogP contribution in [0.4, 0.5) is 5.82 Å². The van der Waals surface area contributed by atoms with E-state index in [1.807, 2.05) is 0 Å². The Kier molecular flexibility index (Phi) is 1.53. The van der Waals surface area contributed by atoms with Gasteiger partial charge in [-0.25, -0.2) is 4.98 Å². The molecule has 0 fully saturated rings. The molecule has 0 amide bonds. The van der Waals surface area contributed by atoms with Crippen LogP contribution in [0.3, 0.4) is 0 Å². The maximum absolute atomic E-state index is 10.1. The van der Waals surface area contributed by atoms with Crippen LogP contribution >= 0.6 is 0 Å². The summed E-state index contributed by atoms with van der Waals surface area (Å²) in [5.74, 6) is 0.0732. The van der Waals surface area contributed by atoms with Crippen molar-refractivity contribution < 1.29 is 9.90 Å². The van der Waals surface area contributed by atoms with Gasteiger partial charge in [0.1, 0.15) is 17.3 Å². The summed E-state index contributed by atoms with van der Waals surface area (Å²) in [6, 6.07) is 2.74. The summed E-state index contributed by atoms with van der Waals surface area (Å²) in [7, 11) is 0. The predicted octanol–water partition coefficient (Wildman–Crippen LogP) is 0.182. The van der Waals surface area contributed by atoms with Crippen LogP contribution in [0.15, 0.2) is 12.1 Å². The van der Waals surface area contributed by atoms with Gasteiger partial charge in [0.25, 0.3) is 0 Å². The van der Waals surface area contributed by atoms with E-state index in [2.05, 4.69) is 4.98 Å². The average Bonchev–Trinajstić information content (AvgIpc) is 1.94. The lowest BCUT2D eigenvalue weighted by Gasteiger charge is -1.95. The lowest BCUT2D eigenvalue weighted by atomic mass is 10.3. The molecule has 1 aromatic heterocycles. The van der Waals surface area contributed by atoms with Crippen LogP contribution in [-0.2, 0) is 0 Å². The van der Waals surface area contributed by atoms with E-state index in [9.17, 15) is 4.79 Å². The third-order valence-corrected chi connectivity index (χ3v) is 1.04. The largest absolute Gasteiger partial charge is 0.506 e. The molecule has 3 N–H and O–H groups in total. The number of hydrogen-bond donors (Lipinski definition) is 2. The zero-order valence-corrected chi connectivity index (χ0v) is 5.11. The summed E-state index contributed by atoms with van der Waals surface area (Å²) >= 11 is 0. The summed E-state index contributed by atoms with van der Waals surface area (Å²) in [6.07, 6.45) is 0.450. The zero-order valence-electron chi connectivity index (χ0n) is 5.11. The number of nitrogens with zero attached hydrogens (tertiary/aromatic N) is 1. The van der Waals surface area contributed by atoms with Gasteiger partial charge in [0, 0.05) is 0 Å². The third-order valence-electron chi connectivity index (χ3n) is 1.04. The number of carbonyl (C=O) groups is 1. The molecular formula is C6H6N2O2. The van der Waals surface area contributed by atoms with Crippen molar-refractivity contribution in [2.75, 3.05) is 5.73 Å². The van der Waals surface area contributed by atoms with Crippen molar-refractivity contribution in [1.29, 1.82) is 0 Å². The van der Waals surface area contributed by atoms with Gasteiger partial charge < -0.3 is 10.8 Å². The number of pyridine rings is 1. The number of carbonyl (C=O) groups excluding carboxylic acids is 1. The SMILES string of the molecule is Nc1ccc(O)c(C=O)n1. The molecule has 0 aliphatic carbocycles. The molecule has 1 aromatic rings. The van der Waals surface area contributed by atoms with E-state index in [0.717, 1.165) is 0 Å². The summed E-state index contributed by atoms with van der Waals surface area (Å²) in [6.45, 7) is 0. The fraction of sp³-hybridized carbons (Fsp3) is 0. The van der Waals surface area contributed by atoms with Crippen LogP contribution in [-0.4, -0.2) is 16.4 Å². The number of hydrogen-bond acceptors (Lipinski definition) is 4. The molecule has 1 rings (SSSR count). The summed E-state index contributed by atoms with van der Waals surface area (Å²) in [4.78, 5) is 13.7. The van der Waals surface area contributed by atoms with Gasteiger partial charge in [-0.15, -0.1) is 0 Å². The summed E-state index contributed by atoms with van der Waals surface area (Å²) < 4.78 is 0. The molecule has 0 saturated carbocycles. The number of nitrogens with two attached hydrogens (primary N) is 1. The number of nitrogen functional groups attached to an aromatic ring is 1. The normalized spacial score (nSPS) is 9.20. The van der Waals surface area contributed by atoms with E-state index in [1.54, 1.807) is 0 Å². The quantitative estimate of drug-likeness (QED) is 0.543. The number of aldehydes is 1. The van der Waals surface area contributed by atoms with Crippen molar-refractivity contribution in [3.05, 3.63) is 17.8 Å². The lowest BCUT2D eigenvalue weighted by molar-refractivity contribution is 0.111. The van der Waals surface area contributed by atoms with E-state index in [-0.39, 0.29) is 17.3 Å². The van der Waals surface area contributed by atoms with Gasteiger partial charge in [-0.05, 0) is 12.1 Å². The Bertz CT molecular complexity index is 260. The molecule has 0 aliphatic heterocycles. The molecular weight excluding hydrogens is 132 g/mol. The first-order valence-electron chi connectivity index (χ1n) is 2.64. The number of rotatable bonds is 1. The second-order valence-electron chi connectivity index (χ2n) is 1.76. The highest BCUT2D eigenvalue weighted by atomic mass is 16.3. The van der Waals surface area contributed by atoms with Gasteiger partial charge in [-0.1, -0.05) is 0 Å². The molecule has 0 radical (unpaired) electrons. The van der Waals surface area contributed by atoms with Gasteiger partial charge in [0.15, 0.2) is 6.29 Å². The van der Waals surface area contributed by atoms with Crippen LogP contribution in [0.5, 0.6) is 5.75 Å². The average molecular weight is 138 g/mol. The minimum absolute atomic E-state index is 0.0278. The van der Waals surface area contributed by atoms with Crippen molar-refractivity contribution in [2.45, 2.75) is 0 Å². The number of aromatic hydroxyl groups is 1. The Balaban J connectivity index is 3.21. The Morgan fingerprint density at radius 1 is 1.60 bits per heavy atom. The third kappa shape index (κ3) is 1.05. The molecule has 0 spiro atoms. The van der Waals surface area contributed by atoms with Crippen molar-refractivity contribution in [2.24, 2.45) is 0 Å². The van der Waals surface area contributed by atoms with Crippen molar-refractivity contribution in [1.82, 2.24) is 4.98 Å². The Hall–Kier alpha value is -1.58. The molecule has 4 nitrogen and oxygen atoms in total. The second-order valence-corrected chi connectivity index (χ2v) is 1.76. The maximum Gasteiger partial charge on any atom is 0.172 e. The fourth-order valence-corrected chi connectivity index (χ4v) is 0.570. The Labute approximate surface area is 57.3 Å². The number of anilines is 1. The van der Waals surface area contributed by atoms with Gasteiger partial charge >= 0.3 is 0 Å². The predicted molar refractivity (Wildman–Crippen MR) is 35.7 cm³/mol. The van der Waals surface area contributed by atoms with Crippen molar-refractivity contribution >= 4 is 12.1 Å². The molecule has 0 unspecified atom stereocenters. The van der Waals surface area contributed by atoms with Crippen LogP contribution in [0, 0.1) is 0 Å². The Morgan fingerprint density at radius 2 is 2.30 bits per heavy atom. The van der Waals surface area contributed by atoms with E-state index in [4.69, 9.17) is 10.8 Å². The highest BCUT2D eigenvalue weighted by Crippen LogP contribution is 2.12. The monoisotopic (exact) mass is 138 g/mol. The van der Waals surface area contributed by atoms with Crippen molar-refractivity contribution in [3.63, 3.8) is 0 Å². The van der Waals surface area contributed by atoms with Gasteiger partial charge in [0.05, 0.1) is 0 Å². The highest BCUT2D eigenvalue weighted by Gasteiger charge is 1.99. The zero-order chi connectivity index (χ0) is 7.56. The highest BCUT2D eigenvalue weighted by molar-refractivity contribution is 5.76.